The van der Waals surface area contributed by atoms with E-state index >= 15 is 0 Å². The Bertz CT molecular complexity index is 1330. The molecule has 35 heavy (non-hydrogen) atoms. The summed E-state index contributed by atoms with van der Waals surface area (Å²) in [4.78, 5) is 16.6. The highest BCUT2D eigenvalue weighted by Gasteiger charge is 2.41. The van der Waals surface area contributed by atoms with E-state index in [9.17, 15) is 0 Å². The zero-order chi connectivity index (χ0) is 24.0. The number of anilines is 3. The van der Waals surface area contributed by atoms with E-state index in [1.165, 1.54) is 17.7 Å². The molecular formula is C27H29ClN6O. The predicted octanol–water partition coefficient (Wildman–Crippen LogP) is 5.83. The van der Waals surface area contributed by atoms with Crippen molar-refractivity contribution in [3.05, 3.63) is 71.4 Å². The Morgan fingerprint density at radius 3 is 2.77 bits per heavy atom. The van der Waals surface area contributed by atoms with Crippen molar-refractivity contribution in [1.29, 1.82) is 0 Å². The van der Waals surface area contributed by atoms with Crippen molar-refractivity contribution in [2.75, 3.05) is 30.4 Å². The molecule has 1 N–H and O–H groups in total. The maximum Gasteiger partial charge on any atom is 0.229 e. The first-order valence-corrected chi connectivity index (χ1v) is 12.6. The van der Waals surface area contributed by atoms with Gasteiger partial charge in [-0.15, -0.1) is 0 Å². The van der Waals surface area contributed by atoms with Crippen LogP contribution in [0.5, 0.6) is 5.75 Å². The van der Waals surface area contributed by atoms with Crippen molar-refractivity contribution in [2.24, 2.45) is 5.41 Å². The maximum atomic E-state index is 6.01. The molecule has 3 heterocycles. The number of rotatable bonds is 6. The Morgan fingerprint density at radius 2 is 2.09 bits per heavy atom. The molecule has 1 saturated heterocycles. The highest BCUT2D eigenvalue weighted by Crippen LogP contribution is 2.50. The number of hydrogen-bond acceptors (Lipinski definition) is 6. The Kier molecular flexibility index (Phi) is 5.52. The highest BCUT2D eigenvalue weighted by atomic mass is 35.5. The van der Waals surface area contributed by atoms with E-state index in [-0.39, 0.29) is 5.41 Å². The number of aromatic nitrogens is 4. The molecule has 3 aromatic rings. The molecule has 0 bridgehead atoms. The molecule has 1 unspecified atom stereocenters. The van der Waals surface area contributed by atoms with E-state index in [1.807, 2.05) is 22.8 Å². The molecule has 180 valence electrons. The lowest BCUT2D eigenvalue weighted by Crippen LogP contribution is -2.38. The van der Waals surface area contributed by atoms with Crippen LogP contribution in [-0.2, 0) is 6.42 Å². The van der Waals surface area contributed by atoms with E-state index in [1.54, 1.807) is 19.6 Å². The third-order valence-electron chi connectivity index (χ3n) is 7.53. The minimum absolute atomic E-state index is 0.0782. The van der Waals surface area contributed by atoms with E-state index in [4.69, 9.17) is 26.3 Å². The van der Waals surface area contributed by atoms with Crippen molar-refractivity contribution in [1.82, 2.24) is 19.5 Å². The summed E-state index contributed by atoms with van der Waals surface area (Å²) in [6.07, 6.45) is 16.8. The van der Waals surface area contributed by atoms with Crippen LogP contribution in [0.3, 0.4) is 0 Å². The lowest BCUT2D eigenvalue weighted by molar-refractivity contribution is 0.329. The molecule has 0 spiro atoms. The number of nitrogens with zero attached hydrogens (tertiary/aromatic N) is 5. The largest absolute Gasteiger partial charge is 0.494 e. The summed E-state index contributed by atoms with van der Waals surface area (Å²) in [5.41, 5.74) is 4.33. The number of fused-ring (bicyclic) bond motifs is 1. The van der Waals surface area contributed by atoms with Crippen LogP contribution in [0.1, 0.15) is 43.4 Å². The van der Waals surface area contributed by atoms with Gasteiger partial charge in [-0.2, -0.15) is 4.98 Å². The van der Waals surface area contributed by atoms with Gasteiger partial charge < -0.3 is 19.5 Å². The average molecular weight is 489 g/mol. The van der Waals surface area contributed by atoms with Gasteiger partial charge in [0.2, 0.25) is 5.95 Å². The molecule has 1 fully saturated rings. The quantitative estimate of drug-likeness (QED) is 0.470. The van der Waals surface area contributed by atoms with Gasteiger partial charge in [-0.25, -0.2) is 9.97 Å². The van der Waals surface area contributed by atoms with E-state index in [2.05, 4.69) is 46.4 Å². The molecule has 2 atom stereocenters. The first kappa shape index (κ1) is 22.2. The van der Waals surface area contributed by atoms with Gasteiger partial charge in [-0.3, -0.25) is 0 Å². The minimum Gasteiger partial charge on any atom is -0.494 e. The van der Waals surface area contributed by atoms with E-state index in [0.29, 0.717) is 22.8 Å². The Hall–Kier alpha value is -3.32. The van der Waals surface area contributed by atoms with Crippen LogP contribution in [0.4, 0.5) is 17.5 Å². The first-order valence-electron chi connectivity index (χ1n) is 12.2. The SMILES string of the molecule is COc1cc(Nc2nc3c(c(N4CCC4)n2)CC[C@H]3C2(C)C=CC=CC2)ccc1-n1cnc(Cl)c1. The smallest absolute Gasteiger partial charge is 0.229 e. The van der Waals surface area contributed by atoms with Crippen LogP contribution >= 0.6 is 11.6 Å². The van der Waals surface area contributed by atoms with Gasteiger partial charge in [0.05, 0.1) is 18.5 Å². The normalized spacial score (nSPS) is 22.7. The zero-order valence-electron chi connectivity index (χ0n) is 20.0. The third kappa shape index (κ3) is 3.97. The third-order valence-corrected chi connectivity index (χ3v) is 7.72. The summed E-state index contributed by atoms with van der Waals surface area (Å²) in [6.45, 7) is 4.48. The molecule has 0 radical (unpaired) electrons. The molecule has 3 aliphatic rings. The molecule has 0 amide bonds. The van der Waals surface area contributed by atoms with E-state index < -0.39 is 0 Å². The molecule has 2 aliphatic carbocycles. The van der Waals surface area contributed by atoms with Crippen molar-refractivity contribution < 1.29 is 4.74 Å². The van der Waals surface area contributed by atoms with Gasteiger partial charge in [-0.05, 0) is 43.2 Å². The van der Waals surface area contributed by atoms with Crippen LogP contribution in [0.25, 0.3) is 5.69 Å². The monoisotopic (exact) mass is 488 g/mol. The van der Waals surface area contributed by atoms with Crippen LogP contribution < -0.4 is 15.0 Å². The fourth-order valence-electron chi connectivity index (χ4n) is 5.46. The van der Waals surface area contributed by atoms with Gasteiger partial charge in [0.1, 0.15) is 23.0 Å². The van der Waals surface area contributed by atoms with E-state index in [0.717, 1.165) is 49.5 Å². The summed E-state index contributed by atoms with van der Waals surface area (Å²) in [5, 5.41) is 3.90. The molecule has 2 aromatic heterocycles. The second-order valence-electron chi connectivity index (χ2n) is 9.78. The second kappa shape index (κ2) is 8.72. The second-order valence-corrected chi connectivity index (χ2v) is 10.2. The van der Waals surface area contributed by atoms with Crippen LogP contribution in [0, 0.1) is 5.41 Å². The van der Waals surface area contributed by atoms with Crippen molar-refractivity contribution in [2.45, 2.75) is 38.5 Å². The number of halogens is 1. The lowest BCUT2D eigenvalue weighted by Gasteiger charge is -2.35. The molecule has 1 aromatic carbocycles. The molecule has 0 saturated carbocycles. The number of benzene rings is 1. The summed E-state index contributed by atoms with van der Waals surface area (Å²) in [5.74, 6) is 2.82. The average Bonchev–Trinajstić information content (AvgIpc) is 3.45. The highest BCUT2D eigenvalue weighted by molar-refractivity contribution is 6.29. The van der Waals surface area contributed by atoms with Gasteiger partial charge >= 0.3 is 0 Å². The summed E-state index contributed by atoms with van der Waals surface area (Å²) in [7, 11) is 1.66. The lowest BCUT2D eigenvalue weighted by atomic mass is 9.71. The molecule has 1 aliphatic heterocycles. The number of nitrogens with one attached hydrogen (secondary N) is 1. The first-order chi connectivity index (χ1) is 17.0. The zero-order valence-corrected chi connectivity index (χ0v) is 20.8. The van der Waals surface area contributed by atoms with Gasteiger partial charge in [-0.1, -0.05) is 42.8 Å². The maximum absolute atomic E-state index is 6.01. The Labute approximate surface area is 210 Å². The van der Waals surface area contributed by atoms with Crippen LogP contribution in [-0.4, -0.2) is 39.7 Å². The molecule has 6 rings (SSSR count). The summed E-state index contributed by atoms with van der Waals surface area (Å²) in [6, 6.07) is 5.93. The van der Waals surface area contributed by atoms with Crippen molar-refractivity contribution in [3.8, 4) is 11.4 Å². The number of ether oxygens (including phenoxy) is 1. The number of hydrogen-bond donors (Lipinski definition) is 1. The topological polar surface area (TPSA) is 68.1 Å². The standard InChI is InChI=1S/C27H29ClN6O/c1-27(11-4-3-5-12-27)20-9-8-19-24(20)31-26(32-25(19)33-13-6-14-33)30-18-7-10-21(22(15-18)35-2)34-16-23(28)29-17-34/h3-5,7,10-11,15-17,20H,6,8-9,12-14H2,1-2H3,(H,30,31,32)/t20-,27?/m1/s1. The van der Waals surface area contributed by atoms with Crippen LogP contribution in [0.2, 0.25) is 5.15 Å². The van der Waals surface area contributed by atoms with Gasteiger partial charge in [0, 0.05) is 42.5 Å². The summed E-state index contributed by atoms with van der Waals surface area (Å²) >= 11 is 6.01. The number of imidazole rings is 1. The number of methoxy groups -OCH3 is 1. The van der Waals surface area contributed by atoms with Gasteiger partial charge in [0.25, 0.3) is 0 Å². The van der Waals surface area contributed by atoms with Crippen LogP contribution in [0.15, 0.2) is 55.0 Å². The van der Waals surface area contributed by atoms with Gasteiger partial charge in [0.15, 0.2) is 0 Å². The Balaban J connectivity index is 1.36. The summed E-state index contributed by atoms with van der Waals surface area (Å²) < 4.78 is 7.51. The van der Waals surface area contributed by atoms with Crippen molar-refractivity contribution >= 4 is 29.1 Å². The molecule has 8 heteroatoms. The molecular weight excluding hydrogens is 460 g/mol. The van der Waals surface area contributed by atoms with Crippen molar-refractivity contribution in [3.63, 3.8) is 0 Å². The Morgan fingerprint density at radius 1 is 1.20 bits per heavy atom. The predicted molar refractivity (Wildman–Crippen MR) is 139 cm³/mol. The number of allylic oxidation sites excluding steroid dienone is 4. The fraction of sp³-hybridized carbons (Fsp3) is 0.370. The molecule has 7 nitrogen and oxygen atoms in total. The minimum atomic E-state index is 0.0782. The fourth-order valence-corrected chi connectivity index (χ4v) is 5.61.